The number of carbonyl (C=O) groups is 1. The van der Waals surface area contributed by atoms with Gasteiger partial charge in [0.1, 0.15) is 5.75 Å². The predicted molar refractivity (Wildman–Crippen MR) is 63.1 cm³/mol. The standard InChI is InChI=1S/C12H9F3O2S/c1-9(16)18-8-4-6-10-5-2-3-7-11(10)17-12(13,14)15/h2-3,5,7H,8H2,1H3. The van der Waals surface area contributed by atoms with Gasteiger partial charge in [0.2, 0.25) is 0 Å². The smallest absolute Gasteiger partial charge is 0.404 e. The molecule has 18 heavy (non-hydrogen) atoms. The number of para-hydroxylation sites is 1. The number of thioether (sulfide) groups is 1. The molecule has 1 aromatic carbocycles. The second-order valence-corrected chi connectivity index (χ2v) is 4.28. The zero-order valence-corrected chi connectivity index (χ0v) is 10.2. The van der Waals surface area contributed by atoms with E-state index in [-0.39, 0.29) is 22.2 Å². The maximum atomic E-state index is 12.1. The van der Waals surface area contributed by atoms with Crippen LogP contribution in [0.1, 0.15) is 12.5 Å². The van der Waals surface area contributed by atoms with Crippen LogP contribution in [0.4, 0.5) is 13.2 Å². The van der Waals surface area contributed by atoms with Crippen molar-refractivity contribution >= 4 is 16.9 Å². The summed E-state index contributed by atoms with van der Waals surface area (Å²) in [6.07, 6.45) is -4.74. The van der Waals surface area contributed by atoms with E-state index in [4.69, 9.17) is 0 Å². The van der Waals surface area contributed by atoms with E-state index in [2.05, 4.69) is 16.6 Å². The van der Waals surface area contributed by atoms with Gasteiger partial charge < -0.3 is 4.74 Å². The highest BCUT2D eigenvalue weighted by atomic mass is 32.2. The van der Waals surface area contributed by atoms with E-state index < -0.39 is 6.36 Å². The third kappa shape index (κ3) is 5.64. The summed E-state index contributed by atoms with van der Waals surface area (Å²) in [7, 11) is 0. The Morgan fingerprint density at radius 2 is 2.06 bits per heavy atom. The lowest BCUT2D eigenvalue weighted by Gasteiger charge is -2.09. The minimum Gasteiger partial charge on any atom is -0.404 e. The van der Waals surface area contributed by atoms with E-state index in [0.717, 1.165) is 11.8 Å². The average Bonchev–Trinajstić information content (AvgIpc) is 2.24. The largest absolute Gasteiger partial charge is 0.573 e. The van der Waals surface area contributed by atoms with Crippen LogP contribution in [0.25, 0.3) is 0 Å². The Balaban J connectivity index is 2.79. The lowest BCUT2D eigenvalue weighted by Crippen LogP contribution is -2.17. The maximum absolute atomic E-state index is 12.1. The zero-order chi connectivity index (χ0) is 13.6. The van der Waals surface area contributed by atoms with Gasteiger partial charge in [-0.2, -0.15) is 0 Å². The lowest BCUT2D eigenvalue weighted by molar-refractivity contribution is -0.274. The number of carbonyl (C=O) groups excluding carboxylic acids is 1. The summed E-state index contributed by atoms with van der Waals surface area (Å²) in [6, 6.07) is 5.60. The molecule has 1 aromatic rings. The average molecular weight is 274 g/mol. The van der Waals surface area contributed by atoms with E-state index in [1.54, 1.807) is 6.07 Å². The van der Waals surface area contributed by atoms with Gasteiger partial charge in [0.15, 0.2) is 5.12 Å². The Morgan fingerprint density at radius 3 is 2.67 bits per heavy atom. The quantitative estimate of drug-likeness (QED) is 0.775. The van der Waals surface area contributed by atoms with Crippen LogP contribution in [-0.2, 0) is 4.79 Å². The molecule has 0 radical (unpaired) electrons. The Labute approximate surface area is 107 Å². The van der Waals surface area contributed by atoms with Gasteiger partial charge in [-0.05, 0) is 12.1 Å². The minimum atomic E-state index is -4.74. The number of alkyl halides is 3. The van der Waals surface area contributed by atoms with Crippen molar-refractivity contribution in [1.82, 2.24) is 0 Å². The van der Waals surface area contributed by atoms with Crippen molar-refractivity contribution in [3.63, 3.8) is 0 Å². The molecule has 0 unspecified atom stereocenters. The van der Waals surface area contributed by atoms with Gasteiger partial charge in [0.25, 0.3) is 0 Å². The molecule has 0 spiro atoms. The van der Waals surface area contributed by atoms with E-state index in [9.17, 15) is 18.0 Å². The summed E-state index contributed by atoms with van der Waals surface area (Å²) in [5.74, 6) is 5.04. The molecule has 0 aliphatic heterocycles. The highest BCUT2D eigenvalue weighted by Crippen LogP contribution is 2.25. The number of hydrogen-bond acceptors (Lipinski definition) is 3. The van der Waals surface area contributed by atoms with Crippen LogP contribution in [-0.4, -0.2) is 17.2 Å². The second kappa shape index (κ2) is 6.36. The number of rotatable bonds is 2. The van der Waals surface area contributed by atoms with Gasteiger partial charge in [-0.3, -0.25) is 4.79 Å². The zero-order valence-electron chi connectivity index (χ0n) is 9.38. The fourth-order valence-corrected chi connectivity index (χ4v) is 1.40. The first kappa shape index (κ1) is 14.5. The molecule has 0 atom stereocenters. The highest BCUT2D eigenvalue weighted by Gasteiger charge is 2.31. The molecule has 0 fully saturated rings. The third-order valence-electron chi connectivity index (χ3n) is 1.68. The molecule has 0 saturated carbocycles. The fraction of sp³-hybridized carbons (Fsp3) is 0.250. The van der Waals surface area contributed by atoms with E-state index in [1.807, 2.05) is 0 Å². The van der Waals surface area contributed by atoms with Crippen molar-refractivity contribution in [3.05, 3.63) is 29.8 Å². The van der Waals surface area contributed by atoms with Crippen LogP contribution in [0, 0.1) is 11.8 Å². The topological polar surface area (TPSA) is 26.3 Å². The summed E-state index contributed by atoms with van der Waals surface area (Å²) in [6.45, 7) is 1.40. The van der Waals surface area contributed by atoms with Crippen LogP contribution in [0.3, 0.4) is 0 Å². The summed E-state index contributed by atoms with van der Waals surface area (Å²) in [4.78, 5) is 10.6. The van der Waals surface area contributed by atoms with E-state index >= 15 is 0 Å². The first-order chi connectivity index (χ1) is 8.38. The monoisotopic (exact) mass is 274 g/mol. The van der Waals surface area contributed by atoms with Gasteiger partial charge in [-0.25, -0.2) is 0 Å². The molecule has 96 valence electrons. The molecule has 0 aliphatic rings. The number of benzene rings is 1. The summed E-state index contributed by atoms with van der Waals surface area (Å²) >= 11 is 0.994. The molecule has 0 amide bonds. The van der Waals surface area contributed by atoms with Crippen molar-refractivity contribution in [3.8, 4) is 17.6 Å². The van der Waals surface area contributed by atoms with Crippen LogP contribution < -0.4 is 4.74 Å². The van der Waals surface area contributed by atoms with Gasteiger partial charge >= 0.3 is 6.36 Å². The van der Waals surface area contributed by atoms with Crippen LogP contribution in [0.5, 0.6) is 5.75 Å². The molecule has 1 rings (SSSR count). The second-order valence-electron chi connectivity index (χ2n) is 3.13. The summed E-state index contributed by atoms with van der Waals surface area (Å²) < 4.78 is 40.1. The predicted octanol–water partition coefficient (Wildman–Crippen LogP) is 3.22. The molecule has 0 aliphatic carbocycles. The highest BCUT2D eigenvalue weighted by molar-refractivity contribution is 8.13. The molecule has 2 nitrogen and oxygen atoms in total. The van der Waals surface area contributed by atoms with Crippen LogP contribution >= 0.6 is 11.8 Å². The van der Waals surface area contributed by atoms with Gasteiger partial charge in [-0.15, -0.1) is 13.2 Å². The van der Waals surface area contributed by atoms with Crippen molar-refractivity contribution in [2.75, 3.05) is 5.75 Å². The van der Waals surface area contributed by atoms with Crippen molar-refractivity contribution in [2.24, 2.45) is 0 Å². The number of ether oxygens (including phenoxy) is 1. The normalized spacial score (nSPS) is 10.4. The van der Waals surface area contributed by atoms with Crippen molar-refractivity contribution < 1.29 is 22.7 Å². The Hall–Kier alpha value is -1.61. The summed E-state index contributed by atoms with van der Waals surface area (Å²) in [5, 5.41) is -0.0934. The van der Waals surface area contributed by atoms with Crippen LogP contribution in [0.15, 0.2) is 24.3 Å². The molecule has 0 aromatic heterocycles. The van der Waals surface area contributed by atoms with Gasteiger partial charge in [0, 0.05) is 6.92 Å². The maximum Gasteiger partial charge on any atom is 0.573 e. The third-order valence-corrected chi connectivity index (χ3v) is 2.38. The number of halogens is 3. The van der Waals surface area contributed by atoms with E-state index in [1.165, 1.54) is 25.1 Å². The molecule has 0 heterocycles. The first-order valence-corrected chi connectivity index (χ1v) is 5.84. The molecule has 0 N–H and O–H groups in total. The minimum absolute atomic E-state index is 0.0934. The molecule has 6 heteroatoms. The summed E-state index contributed by atoms with van der Waals surface area (Å²) in [5.41, 5.74) is 0.138. The van der Waals surface area contributed by atoms with Crippen LogP contribution in [0.2, 0.25) is 0 Å². The fourth-order valence-electron chi connectivity index (χ4n) is 1.05. The van der Waals surface area contributed by atoms with Crippen molar-refractivity contribution in [2.45, 2.75) is 13.3 Å². The lowest BCUT2D eigenvalue weighted by atomic mass is 10.2. The number of hydrogen-bond donors (Lipinski definition) is 0. The molecular formula is C12H9F3O2S. The molecule has 0 bridgehead atoms. The van der Waals surface area contributed by atoms with Gasteiger partial charge in [-0.1, -0.05) is 35.7 Å². The Kier molecular flexibility index (Phi) is 5.10. The van der Waals surface area contributed by atoms with Gasteiger partial charge in [0.05, 0.1) is 11.3 Å². The first-order valence-electron chi connectivity index (χ1n) is 4.85. The Bertz CT molecular complexity index is 486. The van der Waals surface area contributed by atoms with Crippen molar-refractivity contribution in [1.29, 1.82) is 0 Å². The van der Waals surface area contributed by atoms with E-state index in [0.29, 0.717) is 0 Å². The SMILES string of the molecule is CC(=O)SCC#Cc1ccccc1OC(F)(F)F. The molecular weight excluding hydrogens is 265 g/mol. The Morgan fingerprint density at radius 1 is 1.39 bits per heavy atom. The molecule has 0 saturated heterocycles.